The lowest BCUT2D eigenvalue weighted by Crippen LogP contribution is -2.37. The zero-order chi connectivity index (χ0) is 45.6. The van der Waals surface area contributed by atoms with E-state index >= 15 is 0 Å². The minimum atomic E-state index is -5.08. The van der Waals surface area contributed by atoms with E-state index in [2.05, 4.69) is 79.4 Å². The van der Waals surface area contributed by atoms with Crippen LogP contribution in [0.3, 0.4) is 0 Å². The van der Waals surface area contributed by atoms with Crippen molar-refractivity contribution >= 4 is 17.9 Å². The molecule has 0 aliphatic carbocycles. The summed E-state index contributed by atoms with van der Waals surface area (Å²) in [5.41, 5.74) is 20.1. The topological polar surface area (TPSA) is 196 Å². The first-order valence-corrected chi connectivity index (χ1v) is 19.1. The largest absolute Gasteiger partial charge is 0.490 e. The van der Waals surface area contributed by atoms with Gasteiger partial charge in [0.15, 0.2) is 0 Å². The second kappa shape index (κ2) is 31.8. The molecule has 9 N–H and O–H groups in total. The lowest BCUT2D eigenvalue weighted by Gasteiger charge is -2.26. The molecule has 0 saturated carbocycles. The molecular formula is C45H66F3N5O6. The van der Waals surface area contributed by atoms with E-state index in [-0.39, 0.29) is 0 Å². The molecule has 59 heavy (non-hydrogen) atoms. The van der Waals surface area contributed by atoms with Crippen LogP contribution >= 0.6 is 0 Å². The van der Waals surface area contributed by atoms with Crippen LogP contribution in [0, 0.1) is 0 Å². The first-order valence-electron chi connectivity index (χ1n) is 19.1. The first kappa shape index (κ1) is 56.0. The van der Waals surface area contributed by atoms with E-state index in [4.69, 9.17) is 32.2 Å². The molecule has 0 aromatic heterocycles. The number of carbonyl (C=O) groups is 3. The summed E-state index contributed by atoms with van der Waals surface area (Å²) in [6, 6.07) is 41.2. The lowest BCUT2D eigenvalue weighted by atomic mass is 10.1. The smallest absolute Gasteiger partial charge is 0.480 e. The Morgan fingerprint density at radius 3 is 0.847 bits per heavy atom. The first-order chi connectivity index (χ1) is 27.5. The van der Waals surface area contributed by atoms with Crippen LogP contribution < -0.4 is 17.2 Å². The number of aliphatic carboxylic acids is 3. The van der Waals surface area contributed by atoms with Gasteiger partial charge in [-0.25, -0.2) is 4.79 Å². The van der Waals surface area contributed by atoms with Gasteiger partial charge < -0.3 is 32.5 Å². The van der Waals surface area contributed by atoms with Crippen LogP contribution in [0.4, 0.5) is 13.2 Å². The van der Waals surface area contributed by atoms with Gasteiger partial charge in [0.2, 0.25) is 0 Å². The monoisotopic (exact) mass is 829 g/mol. The molecule has 0 aliphatic heterocycles. The molecule has 0 fully saturated rings. The normalized spacial score (nSPS) is 11.5. The number of hydrogen-bond acceptors (Lipinski definition) is 8. The number of halogens is 3. The van der Waals surface area contributed by atoms with E-state index in [0.29, 0.717) is 31.2 Å². The highest BCUT2D eigenvalue weighted by atomic mass is 19.4. The highest BCUT2D eigenvalue weighted by Gasteiger charge is 2.38. The maximum absolute atomic E-state index is 11.3. The van der Waals surface area contributed by atoms with E-state index in [1.165, 1.54) is 18.1 Å². The van der Waals surface area contributed by atoms with Gasteiger partial charge in [0.1, 0.15) is 12.1 Å². The summed E-state index contributed by atoms with van der Waals surface area (Å²) >= 11 is 0. The van der Waals surface area contributed by atoms with Gasteiger partial charge in [0, 0.05) is 32.2 Å². The molecule has 0 aliphatic rings. The van der Waals surface area contributed by atoms with Gasteiger partial charge in [-0.2, -0.15) is 13.2 Å². The minimum Gasteiger partial charge on any atom is -0.480 e. The number of nitrogens with zero attached hydrogens (tertiary/aromatic N) is 2. The average Bonchev–Trinajstić information content (AvgIpc) is 3.15. The second-order valence-corrected chi connectivity index (χ2v) is 14.3. The fourth-order valence-electron chi connectivity index (χ4n) is 4.18. The summed E-state index contributed by atoms with van der Waals surface area (Å²) in [7, 11) is 0. The van der Waals surface area contributed by atoms with Gasteiger partial charge in [-0.3, -0.25) is 19.4 Å². The number of rotatable bonds is 12. The standard InChI is InChI=1S/C17H19NO2.C17H21N.C3H7NO2.2C3H9N.C2HF3O2/c1-14(17(19)20)18(12-15-8-4-2-5-9-15)13-16-10-6-3-7-11-16;1-15(2)18(13-16-9-5-3-6-10-16)14-17-11-7-4-8-12-17;1-2(4)3(5)6;2*1-3(2)4;3-2(4,5)1(6)7/h2-11,14H,12-13H2,1H3,(H,19,20);3-12,15H,13-14H2,1-2H3;2H,4H2,1H3,(H,5,6);2*3H,4H2,1-2H3;(H,6,7). The predicted molar refractivity (Wildman–Crippen MR) is 230 cm³/mol. The number of benzene rings is 4. The number of carboxylic acids is 3. The van der Waals surface area contributed by atoms with Crippen LogP contribution in [0.5, 0.6) is 0 Å². The Bertz CT molecular complexity index is 1550. The highest BCUT2D eigenvalue weighted by Crippen LogP contribution is 2.15. The minimum absolute atomic E-state index is 0.333. The molecule has 2 unspecified atom stereocenters. The van der Waals surface area contributed by atoms with Crippen molar-refractivity contribution in [3.63, 3.8) is 0 Å². The number of hydrogen-bond donors (Lipinski definition) is 6. The summed E-state index contributed by atoms with van der Waals surface area (Å²) in [6.07, 6.45) is -5.08. The Morgan fingerprint density at radius 2 is 0.695 bits per heavy atom. The maximum Gasteiger partial charge on any atom is 0.490 e. The third-order valence-corrected chi connectivity index (χ3v) is 7.18. The molecule has 0 spiro atoms. The van der Waals surface area contributed by atoms with E-state index < -0.39 is 36.2 Å². The second-order valence-electron chi connectivity index (χ2n) is 14.3. The molecule has 0 heterocycles. The van der Waals surface area contributed by atoms with Gasteiger partial charge in [-0.05, 0) is 62.0 Å². The molecule has 2 atom stereocenters. The van der Waals surface area contributed by atoms with Crippen LogP contribution in [0.1, 0.15) is 77.6 Å². The Morgan fingerprint density at radius 1 is 0.492 bits per heavy atom. The number of nitrogens with two attached hydrogens (primary N) is 3. The Balaban J connectivity index is 0. The van der Waals surface area contributed by atoms with Crippen molar-refractivity contribution in [1.82, 2.24) is 9.80 Å². The fraction of sp³-hybridized carbons (Fsp3) is 0.400. The number of alkyl halides is 3. The zero-order valence-electron chi connectivity index (χ0n) is 35.6. The summed E-state index contributed by atoms with van der Waals surface area (Å²) in [6.45, 7) is 18.7. The third kappa shape index (κ3) is 32.5. The van der Waals surface area contributed by atoms with Gasteiger partial charge in [0.25, 0.3) is 0 Å². The molecule has 0 saturated heterocycles. The molecule has 0 amide bonds. The van der Waals surface area contributed by atoms with Gasteiger partial charge >= 0.3 is 24.1 Å². The molecule has 0 bridgehead atoms. The molecule has 4 aromatic rings. The van der Waals surface area contributed by atoms with Crippen molar-refractivity contribution in [1.29, 1.82) is 0 Å². The lowest BCUT2D eigenvalue weighted by molar-refractivity contribution is -0.192. The number of carboxylic acid groups (broad SMARTS) is 3. The Kier molecular flexibility index (Phi) is 30.2. The van der Waals surface area contributed by atoms with Crippen molar-refractivity contribution in [3.8, 4) is 0 Å². The molecule has 11 nitrogen and oxygen atoms in total. The van der Waals surface area contributed by atoms with Crippen molar-refractivity contribution in [2.24, 2.45) is 17.2 Å². The Hall–Kier alpha value is -5.12. The Labute approximate surface area is 348 Å². The summed E-state index contributed by atoms with van der Waals surface area (Å²) < 4.78 is 31.7. The van der Waals surface area contributed by atoms with Crippen molar-refractivity contribution in [2.75, 3.05) is 0 Å². The van der Waals surface area contributed by atoms with E-state index in [0.717, 1.165) is 24.2 Å². The van der Waals surface area contributed by atoms with Crippen molar-refractivity contribution in [3.05, 3.63) is 144 Å². The van der Waals surface area contributed by atoms with Gasteiger partial charge in [-0.15, -0.1) is 0 Å². The zero-order valence-corrected chi connectivity index (χ0v) is 35.6. The van der Waals surface area contributed by atoms with E-state index in [1.807, 2.05) is 93.3 Å². The molecule has 4 aromatic carbocycles. The summed E-state index contributed by atoms with van der Waals surface area (Å²) in [4.78, 5) is 34.2. The molecule has 14 heteroatoms. The average molecular weight is 830 g/mol. The van der Waals surface area contributed by atoms with Crippen LogP contribution in [-0.2, 0) is 40.6 Å². The van der Waals surface area contributed by atoms with Crippen LogP contribution in [0.2, 0.25) is 0 Å². The van der Waals surface area contributed by atoms with Crippen molar-refractivity contribution in [2.45, 2.75) is 118 Å². The highest BCUT2D eigenvalue weighted by molar-refractivity contribution is 5.73. The van der Waals surface area contributed by atoms with Crippen LogP contribution in [0.15, 0.2) is 121 Å². The fourth-order valence-corrected chi connectivity index (χ4v) is 4.18. The predicted octanol–water partition coefficient (Wildman–Crippen LogP) is 8.02. The van der Waals surface area contributed by atoms with Crippen LogP contribution in [-0.4, -0.2) is 79.4 Å². The molecule has 0 radical (unpaired) electrons. The molecular weight excluding hydrogens is 764 g/mol. The third-order valence-electron chi connectivity index (χ3n) is 7.18. The van der Waals surface area contributed by atoms with E-state index in [9.17, 15) is 27.9 Å². The van der Waals surface area contributed by atoms with Gasteiger partial charge in [0.05, 0.1) is 0 Å². The van der Waals surface area contributed by atoms with Crippen LogP contribution in [0.25, 0.3) is 0 Å². The molecule has 4 rings (SSSR count). The maximum atomic E-state index is 11.3. The van der Waals surface area contributed by atoms with E-state index in [1.54, 1.807) is 6.92 Å². The molecule has 328 valence electrons. The SMILES string of the molecule is CC(C(=O)O)N(Cc1ccccc1)Cc1ccccc1.CC(C)N.CC(C)N.CC(C)N(Cc1ccccc1)Cc1ccccc1.CC(N)C(=O)O.O=C(O)C(F)(F)F. The van der Waals surface area contributed by atoms with Gasteiger partial charge in [-0.1, -0.05) is 149 Å². The van der Waals surface area contributed by atoms with Crippen molar-refractivity contribution < 1.29 is 42.9 Å². The summed E-state index contributed by atoms with van der Waals surface area (Å²) in [5.74, 6) is -4.51. The quantitative estimate of drug-likeness (QED) is 0.0809. The summed E-state index contributed by atoms with van der Waals surface area (Å²) in [5, 5.41) is 24.3.